The Morgan fingerprint density at radius 3 is 2.60 bits per heavy atom. The first-order chi connectivity index (χ1) is 7.26. The minimum absolute atomic E-state index is 0.563. The highest BCUT2D eigenvalue weighted by Gasteiger charge is 2.44. The van der Waals surface area contributed by atoms with E-state index < -0.39 is 0 Å². The summed E-state index contributed by atoms with van der Waals surface area (Å²) in [6.45, 7) is 7.97. The van der Waals surface area contributed by atoms with E-state index in [9.17, 15) is 0 Å². The van der Waals surface area contributed by atoms with E-state index in [1.807, 2.05) is 0 Å². The minimum Gasteiger partial charge on any atom is -0.375 e. The number of nitrogens with one attached hydrogen (secondary N) is 1. The van der Waals surface area contributed by atoms with Crippen molar-refractivity contribution < 1.29 is 4.74 Å². The summed E-state index contributed by atoms with van der Waals surface area (Å²) in [7, 11) is 0. The van der Waals surface area contributed by atoms with Crippen LogP contribution in [0.25, 0.3) is 0 Å². The Morgan fingerprint density at radius 2 is 2.13 bits per heavy atom. The summed E-state index contributed by atoms with van der Waals surface area (Å²) >= 11 is 0. The lowest BCUT2D eigenvalue weighted by Crippen LogP contribution is -2.44. The molecular formula is C13H25NO. The van der Waals surface area contributed by atoms with Crippen molar-refractivity contribution in [2.24, 2.45) is 11.8 Å². The largest absolute Gasteiger partial charge is 0.375 e. The van der Waals surface area contributed by atoms with Crippen LogP contribution in [-0.2, 0) is 4.74 Å². The van der Waals surface area contributed by atoms with Crippen molar-refractivity contribution in [2.75, 3.05) is 6.54 Å². The van der Waals surface area contributed by atoms with Crippen molar-refractivity contribution >= 4 is 0 Å². The zero-order chi connectivity index (χ0) is 10.8. The lowest BCUT2D eigenvalue weighted by Gasteiger charge is -2.33. The van der Waals surface area contributed by atoms with Crippen molar-refractivity contribution in [3.63, 3.8) is 0 Å². The fraction of sp³-hybridized carbons (Fsp3) is 1.00. The predicted octanol–water partition coefficient (Wildman–Crippen LogP) is 2.58. The van der Waals surface area contributed by atoms with Gasteiger partial charge in [0.05, 0.1) is 12.2 Å². The monoisotopic (exact) mass is 211 g/mol. The molecule has 0 amide bonds. The topological polar surface area (TPSA) is 21.3 Å². The Morgan fingerprint density at radius 1 is 1.33 bits per heavy atom. The molecule has 2 aliphatic heterocycles. The van der Waals surface area contributed by atoms with Gasteiger partial charge in [-0.3, -0.25) is 0 Å². The molecule has 0 aromatic rings. The maximum Gasteiger partial charge on any atom is 0.0623 e. The van der Waals surface area contributed by atoms with Crippen LogP contribution in [0.4, 0.5) is 0 Å². The Labute approximate surface area is 93.8 Å². The summed E-state index contributed by atoms with van der Waals surface area (Å²) in [6, 6.07) is 0.676. The average molecular weight is 211 g/mol. The van der Waals surface area contributed by atoms with Gasteiger partial charge in [-0.2, -0.15) is 0 Å². The molecule has 2 aliphatic rings. The minimum atomic E-state index is 0.563. The molecule has 0 aliphatic carbocycles. The smallest absolute Gasteiger partial charge is 0.0623 e. The molecular weight excluding hydrogens is 186 g/mol. The zero-order valence-corrected chi connectivity index (χ0v) is 10.3. The van der Waals surface area contributed by atoms with E-state index in [1.165, 1.54) is 25.7 Å². The van der Waals surface area contributed by atoms with Gasteiger partial charge in [-0.15, -0.1) is 0 Å². The van der Waals surface area contributed by atoms with Crippen molar-refractivity contribution in [3.05, 3.63) is 0 Å². The van der Waals surface area contributed by atoms with Gasteiger partial charge in [0, 0.05) is 12.0 Å². The molecule has 2 bridgehead atoms. The van der Waals surface area contributed by atoms with Crippen LogP contribution in [0, 0.1) is 11.8 Å². The predicted molar refractivity (Wildman–Crippen MR) is 62.9 cm³/mol. The van der Waals surface area contributed by atoms with Crippen LogP contribution >= 0.6 is 0 Å². The highest BCUT2D eigenvalue weighted by molar-refractivity contribution is 4.96. The van der Waals surface area contributed by atoms with Gasteiger partial charge < -0.3 is 10.1 Å². The Kier molecular flexibility index (Phi) is 3.68. The second-order valence-electron chi connectivity index (χ2n) is 5.24. The van der Waals surface area contributed by atoms with Gasteiger partial charge in [0.15, 0.2) is 0 Å². The van der Waals surface area contributed by atoms with Gasteiger partial charge in [-0.1, -0.05) is 27.2 Å². The summed E-state index contributed by atoms with van der Waals surface area (Å²) in [4.78, 5) is 0. The van der Waals surface area contributed by atoms with E-state index >= 15 is 0 Å². The van der Waals surface area contributed by atoms with Crippen LogP contribution in [0.1, 0.15) is 46.5 Å². The van der Waals surface area contributed by atoms with E-state index in [2.05, 4.69) is 26.1 Å². The second kappa shape index (κ2) is 4.84. The van der Waals surface area contributed by atoms with Gasteiger partial charge in [0.1, 0.15) is 0 Å². The van der Waals surface area contributed by atoms with E-state index in [4.69, 9.17) is 4.74 Å². The van der Waals surface area contributed by atoms with Gasteiger partial charge in [0.2, 0.25) is 0 Å². The molecule has 88 valence electrons. The first kappa shape index (κ1) is 11.4. The van der Waals surface area contributed by atoms with E-state index in [-0.39, 0.29) is 0 Å². The van der Waals surface area contributed by atoms with Crippen molar-refractivity contribution in [1.82, 2.24) is 5.32 Å². The van der Waals surface area contributed by atoms with Crippen LogP contribution in [0.2, 0.25) is 0 Å². The van der Waals surface area contributed by atoms with Crippen LogP contribution in [0.5, 0.6) is 0 Å². The Bertz CT molecular complexity index is 207. The van der Waals surface area contributed by atoms with Crippen molar-refractivity contribution in [1.29, 1.82) is 0 Å². The van der Waals surface area contributed by atoms with E-state index in [0.717, 1.165) is 18.4 Å². The molecule has 2 heteroatoms. The highest BCUT2D eigenvalue weighted by Crippen LogP contribution is 2.42. The van der Waals surface area contributed by atoms with E-state index in [0.29, 0.717) is 18.2 Å². The first-order valence-corrected chi connectivity index (χ1v) is 6.65. The summed E-state index contributed by atoms with van der Waals surface area (Å²) in [5.74, 6) is 1.55. The molecule has 2 nitrogen and oxygen atoms in total. The molecule has 2 saturated heterocycles. The van der Waals surface area contributed by atoms with Crippen LogP contribution in [0.3, 0.4) is 0 Å². The molecule has 5 unspecified atom stereocenters. The molecule has 0 spiro atoms. The summed E-state index contributed by atoms with van der Waals surface area (Å²) in [5, 5.41) is 3.68. The molecule has 0 radical (unpaired) electrons. The Balaban J connectivity index is 1.98. The normalized spacial score (nSPS) is 38.2. The van der Waals surface area contributed by atoms with E-state index in [1.54, 1.807) is 0 Å². The third-order valence-corrected chi connectivity index (χ3v) is 4.31. The SMILES string of the molecule is CCNC(C(C)CC)C1CC2CCC1O2. The third-order valence-electron chi connectivity index (χ3n) is 4.31. The lowest BCUT2D eigenvalue weighted by molar-refractivity contribution is 0.0802. The molecule has 0 aromatic carbocycles. The van der Waals surface area contributed by atoms with Gasteiger partial charge in [-0.25, -0.2) is 0 Å². The lowest BCUT2D eigenvalue weighted by atomic mass is 9.78. The maximum absolute atomic E-state index is 5.97. The van der Waals surface area contributed by atoms with Gasteiger partial charge in [-0.05, 0) is 31.7 Å². The number of hydrogen-bond donors (Lipinski definition) is 1. The first-order valence-electron chi connectivity index (χ1n) is 6.65. The maximum atomic E-state index is 5.97. The molecule has 0 saturated carbocycles. The molecule has 2 heterocycles. The van der Waals surface area contributed by atoms with Crippen LogP contribution < -0.4 is 5.32 Å². The number of fused-ring (bicyclic) bond motifs is 2. The number of ether oxygens (including phenoxy) is 1. The quantitative estimate of drug-likeness (QED) is 0.754. The average Bonchev–Trinajstić information content (AvgIpc) is 2.86. The molecule has 2 fully saturated rings. The van der Waals surface area contributed by atoms with Crippen LogP contribution in [0.15, 0.2) is 0 Å². The van der Waals surface area contributed by atoms with Gasteiger partial charge in [0.25, 0.3) is 0 Å². The fourth-order valence-corrected chi connectivity index (χ4v) is 3.32. The molecule has 1 N–H and O–H groups in total. The van der Waals surface area contributed by atoms with Crippen LogP contribution in [-0.4, -0.2) is 24.8 Å². The zero-order valence-electron chi connectivity index (χ0n) is 10.3. The fourth-order valence-electron chi connectivity index (χ4n) is 3.32. The second-order valence-corrected chi connectivity index (χ2v) is 5.24. The van der Waals surface area contributed by atoms with Crippen molar-refractivity contribution in [3.8, 4) is 0 Å². The number of hydrogen-bond acceptors (Lipinski definition) is 2. The Hall–Kier alpha value is -0.0800. The molecule has 15 heavy (non-hydrogen) atoms. The van der Waals surface area contributed by atoms with Gasteiger partial charge >= 0.3 is 0 Å². The van der Waals surface area contributed by atoms with Crippen molar-refractivity contribution in [2.45, 2.75) is 64.7 Å². The summed E-state index contributed by atoms with van der Waals surface area (Å²) in [6.07, 6.45) is 6.32. The third kappa shape index (κ3) is 2.21. The highest BCUT2D eigenvalue weighted by atomic mass is 16.5. The summed E-state index contributed by atoms with van der Waals surface area (Å²) in [5.41, 5.74) is 0. The molecule has 2 rings (SSSR count). The molecule has 0 aromatic heterocycles. The summed E-state index contributed by atoms with van der Waals surface area (Å²) < 4.78 is 5.97. The standard InChI is InChI=1S/C13H25NO/c1-4-9(3)13(14-5-2)11-8-10-6-7-12(11)15-10/h9-14H,4-8H2,1-3H3. The molecule has 5 atom stereocenters. The number of rotatable bonds is 5.